The first-order chi connectivity index (χ1) is 8.20. The lowest BCUT2D eigenvalue weighted by Gasteiger charge is -2.15. The Morgan fingerprint density at radius 1 is 1.35 bits per heavy atom. The number of hydrogen-bond acceptors (Lipinski definition) is 2. The number of rotatable bonds is 4. The second kappa shape index (κ2) is 5.32. The van der Waals surface area contributed by atoms with Crippen molar-refractivity contribution >= 4 is 5.97 Å². The number of carboxylic acid groups (broad SMARTS) is 1. The van der Waals surface area contributed by atoms with Gasteiger partial charge in [-0.25, -0.2) is 0 Å². The Bertz CT molecular complexity index is 377. The van der Waals surface area contributed by atoms with Crippen molar-refractivity contribution in [2.45, 2.75) is 19.9 Å². The van der Waals surface area contributed by atoms with E-state index < -0.39 is 5.97 Å². The van der Waals surface area contributed by atoms with Crippen LogP contribution in [-0.2, 0) is 11.3 Å². The largest absolute Gasteiger partial charge is 0.481 e. The molecule has 0 aliphatic carbocycles. The fraction of sp³-hybridized carbons (Fsp3) is 0.500. The zero-order valence-electron chi connectivity index (χ0n) is 10.2. The molecule has 2 atom stereocenters. The molecule has 1 N–H and O–H groups in total. The minimum absolute atomic E-state index is 0.191. The van der Waals surface area contributed by atoms with Crippen molar-refractivity contribution in [3.63, 3.8) is 0 Å². The Morgan fingerprint density at radius 2 is 2.06 bits per heavy atom. The fourth-order valence-corrected chi connectivity index (χ4v) is 2.62. The van der Waals surface area contributed by atoms with Crippen molar-refractivity contribution < 1.29 is 9.90 Å². The highest BCUT2D eigenvalue weighted by Crippen LogP contribution is 2.27. The van der Waals surface area contributed by atoms with Crippen LogP contribution in [0.3, 0.4) is 0 Å². The topological polar surface area (TPSA) is 40.5 Å². The van der Waals surface area contributed by atoms with Gasteiger partial charge in [0, 0.05) is 19.6 Å². The maximum atomic E-state index is 11.1. The van der Waals surface area contributed by atoms with E-state index >= 15 is 0 Å². The van der Waals surface area contributed by atoms with Gasteiger partial charge in [-0.05, 0) is 11.5 Å². The van der Waals surface area contributed by atoms with E-state index in [2.05, 4.69) is 24.0 Å². The van der Waals surface area contributed by atoms with Gasteiger partial charge in [-0.1, -0.05) is 43.7 Å². The minimum atomic E-state index is -0.646. The Kier molecular flexibility index (Phi) is 3.79. The molecular weight excluding hydrogens is 214 g/mol. The Hall–Kier alpha value is -1.35. The van der Waals surface area contributed by atoms with Crippen molar-refractivity contribution in [3.05, 3.63) is 35.9 Å². The molecule has 3 heteroatoms. The quantitative estimate of drug-likeness (QED) is 0.867. The second-order valence-electron chi connectivity index (χ2n) is 4.79. The van der Waals surface area contributed by atoms with Gasteiger partial charge in [0.15, 0.2) is 0 Å². The number of aliphatic carboxylic acids is 1. The number of benzene rings is 1. The fourth-order valence-electron chi connectivity index (χ4n) is 2.62. The Balaban J connectivity index is 1.99. The zero-order chi connectivity index (χ0) is 12.3. The van der Waals surface area contributed by atoms with E-state index in [1.54, 1.807) is 0 Å². The van der Waals surface area contributed by atoms with Gasteiger partial charge in [-0.15, -0.1) is 0 Å². The number of nitrogens with zero attached hydrogens (tertiary/aromatic N) is 1. The lowest BCUT2D eigenvalue weighted by atomic mass is 9.94. The summed E-state index contributed by atoms with van der Waals surface area (Å²) in [6.07, 6.45) is 0.947. The van der Waals surface area contributed by atoms with Gasteiger partial charge in [0.1, 0.15) is 0 Å². The third kappa shape index (κ3) is 2.86. The van der Waals surface area contributed by atoms with Gasteiger partial charge >= 0.3 is 5.97 Å². The third-order valence-corrected chi connectivity index (χ3v) is 3.61. The van der Waals surface area contributed by atoms with Gasteiger partial charge in [0.25, 0.3) is 0 Å². The first-order valence-corrected chi connectivity index (χ1v) is 6.19. The highest BCUT2D eigenvalue weighted by molar-refractivity contribution is 5.71. The summed E-state index contributed by atoms with van der Waals surface area (Å²) in [5.74, 6) is -0.535. The molecule has 1 saturated heterocycles. The third-order valence-electron chi connectivity index (χ3n) is 3.61. The molecule has 2 rings (SSSR count). The van der Waals surface area contributed by atoms with Gasteiger partial charge in [0.2, 0.25) is 0 Å². The first kappa shape index (κ1) is 12.1. The van der Waals surface area contributed by atoms with Crippen molar-refractivity contribution in [2.75, 3.05) is 13.1 Å². The summed E-state index contributed by atoms with van der Waals surface area (Å²) in [6, 6.07) is 10.2. The molecule has 0 unspecified atom stereocenters. The lowest BCUT2D eigenvalue weighted by molar-refractivity contribution is -0.142. The summed E-state index contributed by atoms with van der Waals surface area (Å²) in [4.78, 5) is 13.4. The molecule has 92 valence electrons. The SMILES string of the molecule is CC[C@H]1CN(Cc2ccccc2)C[C@@H]1C(=O)O. The Labute approximate surface area is 102 Å². The molecule has 0 amide bonds. The maximum absolute atomic E-state index is 11.1. The van der Waals surface area contributed by atoms with Crippen LogP contribution in [0.4, 0.5) is 0 Å². The standard InChI is InChI=1S/C14H19NO2/c1-2-12-9-15(10-13(12)14(16)17)8-11-6-4-3-5-7-11/h3-7,12-13H,2,8-10H2,1H3,(H,16,17)/t12-,13-/m0/s1. The number of carbonyl (C=O) groups is 1. The van der Waals surface area contributed by atoms with Crippen LogP contribution < -0.4 is 0 Å². The van der Waals surface area contributed by atoms with E-state index in [0.717, 1.165) is 19.5 Å². The van der Waals surface area contributed by atoms with Gasteiger partial charge < -0.3 is 5.11 Å². The maximum Gasteiger partial charge on any atom is 0.308 e. The second-order valence-corrected chi connectivity index (χ2v) is 4.79. The number of hydrogen-bond donors (Lipinski definition) is 1. The van der Waals surface area contributed by atoms with Gasteiger partial charge in [-0.3, -0.25) is 9.69 Å². The van der Waals surface area contributed by atoms with E-state index in [0.29, 0.717) is 12.5 Å². The molecule has 1 aromatic carbocycles. The summed E-state index contributed by atoms with van der Waals surface area (Å²) < 4.78 is 0. The van der Waals surface area contributed by atoms with Crippen LogP contribution in [0.2, 0.25) is 0 Å². The molecule has 17 heavy (non-hydrogen) atoms. The molecule has 0 aromatic heterocycles. The monoisotopic (exact) mass is 233 g/mol. The minimum Gasteiger partial charge on any atom is -0.481 e. The molecular formula is C14H19NO2. The Morgan fingerprint density at radius 3 is 2.59 bits per heavy atom. The molecule has 1 fully saturated rings. The molecule has 1 heterocycles. The van der Waals surface area contributed by atoms with Crippen molar-refractivity contribution in [2.24, 2.45) is 11.8 Å². The predicted octanol–water partition coefficient (Wildman–Crippen LogP) is 2.23. The van der Waals surface area contributed by atoms with E-state index in [4.69, 9.17) is 0 Å². The molecule has 0 saturated carbocycles. The average molecular weight is 233 g/mol. The molecule has 0 spiro atoms. The summed E-state index contributed by atoms with van der Waals surface area (Å²) in [7, 11) is 0. The summed E-state index contributed by atoms with van der Waals surface area (Å²) in [5, 5.41) is 9.17. The predicted molar refractivity (Wildman–Crippen MR) is 66.6 cm³/mol. The summed E-state index contributed by atoms with van der Waals surface area (Å²) in [6.45, 7) is 4.53. The van der Waals surface area contributed by atoms with Crippen molar-refractivity contribution in [3.8, 4) is 0 Å². The van der Waals surface area contributed by atoms with Gasteiger partial charge in [0.05, 0.1) is 5.92 Å². The number of carboxylic acids is 1. The van der Waals surface area contributed by atoms with Crippen molar-refractivity contribution in [1.29, 1.82) is 0 Å². The van der Waals surface area contributed by atoms with Crippen molar-refractivity contribution in [1.82, 2.24) is 4.90 Å². The van der Waals surface area contributed by atoms with Crippen LogP contribution in [0.5, 0.6) is 0 Å². The molecule has 0 radical (unpaired) electrons. The van der Waals surface area contributed by atoms with Crippen LogP contribution in [0.15, 0.2) is 30.3 Å². The molecule has 1 aliphatic rings. The zero-order valence-corrected chi connectivity index (χ0v) is 10.2. The normalized spacial score (nSPS) is 25.0. The van der Waals surface area contributed by atoms with Gasteiger partial charge in [-0.2, -0.15) is 0 Å². The van der Waals surface area contributed by atoms with Crippen LogP contribution in [0.25, 0.3) is 0 Å². The van der Waals surface area contributed by atoms with E-state index in [-0.39, 0.29) is 5.92 Å². The van der Waals surface area contributed by atoms with E-state index in [1.807, 2.05) is 18.2 Å². The summed E-state index contributed by atoms with van der Waals surface area (Å²) in [5.41, 5.74) is 1.26. The molecule has 1 aliphatic heterocycles. The van der Waals surface area contributed by atoms with Crippen LogP contribution in [0.1, 0.15) is 18.9 Å². The van der Waals surface area contributed by atoms with Crippen LogP contribution in [-0.4, -0.2) is 29.1 Å². The highest BCUT2D eigenvalue weighted by Gasteiger charge is 2.36. The number of likely N-dealkylation sites (tertiary alicyclic amines) is 1. The van der Waals surface area contributed by atoms with Crippen LogP contribution in [0, 0.1) is 11.8 Å². The smallest absolute Gasteiger partial charge is 0.308 e. The van der Waals surface area contributed by atoms with E-state index in [9.17, 15) is 9.90 Å². The highest BCUT2D eigenvalue weighted by atomic mass is 16.4. The van der Waals surface area contributed by atoms with Crippen LogP contribution >= 0.6 is 0 Å². The first-order valence-electron chi connectivity index (χ1n) is 6.19. The molecule has 1 aromatic rings. The molecule has 3 nitrogen and oxygen atoms in total. The van der Waals surface area contributed by atoms with E-state index in [1.165, 1.54) is 5.56 Å². The molecule has 0 bridgehead atoms. The summed E-state index contributed by atoms with van der Waals surface area (Å²) >= 11 is 0. The lowest BCUT2D eigenvalue weighted by Crippen LogP contribution is -2.23. The average Bonchev–Trinajstić information content (AvgIpc) is 2.73.